The lowest BCUT2D eigenvalue weighted by Crippen LogP contribution is -1.97. The highest BCUT2D eigenvalue weighted by Crippen LogP contribution is 2.34. The fourth-order valence-electron chi connectivity index (χ4n) is 2.33. The monoisotopic (exact) mass is 319 g/mol. The van der Waals surface area contributed by atoms with Gasteiger partial charge in [0.25, 0.3) is 0 Å². The third-order valence-electron chi connectivity index (χ3n) is 3.45. The molecule has 0 spiro atoms. The lowest BCUT2D eigenvalue weighted by Gasteiger charge is -2.09. The van der Waals surface area contributed by atoms with Crippen LogP contribution in [0.25, 0.3) is 16.2 Å². The Kier molecular flexibility index (Phi) is 4.00. The van der Waals surface area contributed by atoms with E-state index < -0.39 is 0 Å². The second-order valence-corrected chi connectivity index (χ2v) is 5.72. The number of ether oxygens (including phenoxy) is 2. The van der Waals surface area contributed by atoms with Gasteiger partial charge in [0.2, 0.25) is 4.96 Å². The Morgan fingerprint density at radius 2 is 2.00 bits per heavy atom. The molecule has 116 valence electrons. The predicted octanol–water partition coefficient (Wildman–Crippen LogP) is 2.53. The number of aliphatic hydroxyl groups is 1. The van der Waals surface area contributed by atoms with Crippen LogP contribution in [0, 0.1) is 0 Å². The molecule has 2 heterocycles. The zero-order valence-corrected chi connectivity index (χ0v) is 13.5. The summed E-state index contributed by atoms with van der Waals surface area (Å²) in [6.45, 7) is 1.92. The maximum absolute atomic E-state index is 9.72. The largest absolute Gasteiger partial charge is 0.493 e. The van der Waals surface area contributed by atoms with Gasteiger partial charge in [0.15, 0.2) is 11.5 Å². The number of hydrogen-bond acceptors (Lipinski definition) is 6. The van der Waals surface area contributed by atoms with E-state index in [1.54, 1.807) is 18.7 Å². The quantitative estimate of drug-likeness (QED) is 0.782. The number of aryl methyl sites for hydroxylation is 1. The van der Waals surface area contributed by atoms with Crippen LogP contribution in [0.15, 0.2) is 18.2 Å². The number of fused-ring (bicyclic) bond motifs is 1. The van der Waals surface area contributed by atoms with Gasteiger partial charge in [0.05, 0.1) is 32.2 Å². The Hall–Kier alpha value is -2.12. The first kappa shape index (κ1) is 14.8. The van der Waals surface area contributed by atoms with Crippen molar-refractivity contribution < 1.29 is 14.6 Å². The molecule has 3 rings (SSSR count). The Morgan fingerprint density at radius 1 is 1.23 bits per heavy atom. The molecule has 0 amide bonds. The summed E-state index contributed by atoms with van der Waals surface area (Å²) in [7, 11) is 3.19. The van der Waals surface area contributed by atoms with Crippen molar-refractivity contribution in [1.29, 1.82) is 0 Å². The molecule has 1 aromatic carbocycles. The maximum Gasteiger partial charge on any atom is 0.213 e. The molecule has 0 saturated heterocycles. The van der Waals surface area contributed by atoms with Crippen LogP contribution in [-0.2, 0) is 13.0 Å². The first-order valence-electron chi connectivity index (χ1n) is 6.92. The Balaban J connectivity index is 2.15. The molecule has 22 heavy (non-hydrogen) atoms. The fraction of sp³-hybridized carbons (Fsp3) is 0.333. The second-order valence-electron chi connectivity index (χ2n) is 4.68. The lowest BCUT2D eigenvalue weighted by molar-refractivity contribution is 0.275. The van der Waals surface area contributed by atoms with Gasteiger partial charge < -0.3 is 14.6 Å². The van der Waals surface area contributed by atoms with Crippen molar-refractivity contribution in [1.82, 2.24) is 14.6 Å². The molecule has 0 unspecified atom stereocenters. The highest BCUT2D eigenvalue weighted by molar-refractivity contribution is 7.16. The van der Waals surface area contributed by atoms with Crippen molar-refractivity contribution in [3.8, 4) is 22.8 Å². The number of imidazole rings is 1. The number of aliphatic hydroxyl groups excluding tert-OH is 1. The van der Waals surface area contributed by atoms with Crippen molar-refractivity contribution in [2.45, 2.75) is 20.0 Å². The standard InChI is InChI=1S/C15H17N3O3S/c1-4-13-17-18-10(8-19)14(16-15(18)22-13)9-5-6-11(20-2)12(7-9)21-3/h5-7,19H,4,8H2,1-3H3. The average molecular weight is 319 g/mol. The van der Waals surface area contributed by atoms with Crippen molar-refractivity contribution in [3.05, 3.63) is 28.9 Å². The van der Waals surface area contributed by atoms with Gasteiger partial charge in [-0.1, -0.05) is 18.3 Å². The number of nitrogens with zero attached hydrogens (tertiary/aromatic N) is 3. The summed E-state index contributed by atoms with van der Waals surface area (Å²) in [5.74, 6) is 1.28. The van der Waals surface area contributed by atoms with Crippen LogP contribution in [-0.4, -0.2) is 33.9 Å². The molecule has 0 aliphatic carbocycles. The van der Waals surface area contributed by atoms with Gasteiger partial charge >= 0.3 is 0 Å². The van der Waals surface area contributed by atoms with Gasteiger partial charge in [-0.05, 0) is 24.6 Å². The van der Waals surface area contributed by atoms with E-state index in [0.717, 1.165) is 22.0 Å². The Bertz CT molecular complexity index is 810. The molecule has 3 aromatic rings. The molecular formula is C15H17N3O3S. The van der Waals surface area contributed by atoms with Gasteiger partial charge in [0.1, 0.15) is 5.01 Å². The summed E-state index contributed by atoms with van der Waals surface area (Å²) in [5, 5.41) is 15.2. The van der Waals surface area contributed by atoms with E-state index in [2.05, 4.69) is 10.1 Å². The van der Waals surface area contributed by atoms with E-state index in [9.17, 15) is 5.11 Å². The highest BCUT2D eigenvalue weighted by atomic mass is 32.1. The zero-order chi connectivity index (χ0) is 15.7. The van der Waals surface area contributed by atoms with E-state index in [-0.39, 0.29) is 6.61 Å². The topological polar surface area (TPSA) is 68.9 Å². The molecule has 0 radical (unpaired) electrons. The summed E-state index contributed by atoms with van der Waals surface area (Å²) >= 11 is 1.53. The van der Waals surface area contributed by atoms with E-state index in [1.807, 2.05) is 25.1 Å². The van der Waals surface area contributed by atoms with E-state index in [1.165, 1.54) is 11.3 Å². The van der Waals surface area contributed by atoms with Crippen molar-refractivity contribution in [2.24, 2.45) is 0 Å². The summed E-state index contributed by atoms with van der Waals surface area (Å²) in [6.07, 6.45) is 0.852. The van der Waals surface area contributed by atoms with Crippen LogP contribution >= 0.6 is 11.3 Å². The number of rotatable bonds is 5. The minimum Gasteiger partial charge on any atom is -0.493 e. The van der Waals surface area contributed by atoms with E-state index in [4.69, 9.17) is 9.47 Å². The second kappa shape index (κ2) is 5.94. The molecule has 0 atom stereocenters. The molecule has 0 aliphatic heterocycles. The van der Waals surface area contributed by atoms with Gasteiger partial charge in [-0.2, -0.15) is 5.10 Å². The molecule has 2 aromatic heterocycles. The third kappa shape index (κ3) is 2.32. The Morgan fingerprint density at radius 3 is 2.64 bits per heavy atom. The fourth-order valence-corrected chi connectivity index (χ4v) is 3.18. The minimum absolute atomic E-state index is 0.127. The molecule has 7 heteroatoms. The molecular weight excluding hydrogens is 302 g/mol. The summed E-state index contributed by atoms with van der Waals surface area (Å²) < 4.78 is 12.3. The van der Waals surface area contributed by atoms with Crippen LogP contribution in [0.4, 0.5) is 0 Å². The van der Waals surface area contributed by atoms with Crippen LogP contribution in [0.3, 0.4) is 0 Å². The first-order chi connectivity index (χ1) is 10.7. The smallest absolute Gasteiger partial charge is 0.213 e. The van der Waals surface area contributed by atoms with Crippen LogP contribution in [0.2, 0.25) is 0 Å². The molecule has 6 nitrogen and oxygen atoms in total. The van der Waals surface area contributed by atoms with Crippen LogP contribution in [0.5, 0.6) is 11.5 Å². The molecule has 0 bridgehead atoms. The van der Waals surface area contributed by atoms with Gasteiger partial charge in [-0.15, -0.1) is 0 Å². The van der Waals surface area contributed by atoms with E-state index in [0.29, 0.717) is 22.9 Å². The van der Waals surface area contributed by atoms with Crippen LogP contribution in [0.1, 0.15) is 17.6 Å². The number of benzene rings is 1. The maximum atomic E-state index is 9.72. The van der Waals surface area contributed by atoms with Crippen LogP contribution < -0.4 is 9.47 Å². The Labute approximate surface area is 132 Å². The number of aromatic nitrogens is 3. The van der Waals surface area contributed by atoms with Gasteiger partial charge in [-0.25, -0.2) is 9.50 Å². The summed E-state index contributed by atoms with van der Waals surface area (Å²) in [4.78, 5) is 5.40. The molecule has 0 aliphatic rings. The van der Waals surface area contributed by atoms with Crippen molar-refractivity contribution in [3.63, 3.8) is 0 Å². The number of methoxy groups -OCH3 is 2. The predicted molar refractivity (Wildman–Crippen MR) is 84.7 cm³/mol. The number of hydrogen-bond donors (Lipinski definition) is 1. The van der Waals surface area contributed by atoms with E-state index >= 15 is 0 Å². The average Bonchev–Trinajstić information content (AvgIpc) is 3.10. The van der Waals surface area contributed by atoms with Crippen molar-refractivity contribution >= 4 is 16.3 Å². The zero-order valence-electron chi connectivity index (χ0n) is 12.7. The third-order valence-corrected chi connectivity index (χ3v) is 4.50. The highest BCUT2D eigenvalue weighted by Gasteiger charge is 2.18. The molecule has 1 N–H and O–H groups in total. The lowest BCUT2D eigenvalue weighted by atomic mass is 10.1. The van der Waals surface area contributed by atoms with Crippen molar-refractivity contribution in [2.75, 3.05) is 14.2 Å². The SMILES string of the molecule is CCc1nn2c(CO)c(-c3ccc(OC)c(OC)c3)nc2s1. The molecule has 0 fully saturated rings. The van der Waals surface area contributed by atoms with Gasteiger partial charge in [0, 0.05) is 5.56 Å². The normalized spacial score (nSPS) is 11.1. The summed E-state index contributed by atoms with van der Waals surface area (Å²) in [5.41, 5.74) is 2.25. The molecule has 0 saturated carbocycles. The first-order valence-corrected chi connectivity index (χ1v) is 7.74. The van der Waals surface area contributed by atoms with Gasteiger partial charge in [-0.3, -0.25) is 0 Å². The summed E-state index contributed by atoms with van der Waals surface area (Å²) in [6, 6.07) is 5.58. The minimum atomic E-state index is -0.127.